The monoisotopic (exact) mass is 451 g/mol. The molecule has 2 aliphatic rings. The van der Waals surface area contributed by atoms with Gasteiger partial charge in [-0.2, -0.15) is 8.78 Å². The van der Waals surface area contributed by atoms with Crippen LogP contribution in [0.4, 0.5) is 8.78 Å². The van der Waals surface area contributed by atoms with E-state index >= 15 is 0 Å². The van der Waals surface area contributed by atoms with Crippen molar-refractivity contribution in [3.8, 4) is 0 Å². The van der Waals surface area contributed by atoms with Gasteiger partial charge < -0.3 is 19.4 Å². The summed E-state index contributed by atoms with van der Waals surface area (Å²) < 4.78 is 39.7. The van der Waals surface area contributed by atoms with Crippen molar-refractivity contribution in [3.63, 3.8) is 0 Å². The van der Waals surface area contributed by atoms with Gasteiger partial charge in [0.25, 0.3) is 0 Å². The first kappa shape index (κ1) is 24.1. The van der Waals surface area contributed by atoms with Gasteiger partial charge in [-0.15, -0.1) is 0 Å². The highest BCUT2D eigenvalue weighted by molar-refractivity contribution is 6.03. The standard InChI is InChI=1S/C24H30F2O6/c1-23(14-8-3-9-15-23)32-21(28)18-13-7-6-12-17(18)20(27)31-19(24(25,26)22(29)30)16-10-4-2-5-11-16/h6-7,12-13,16,19H,2-5,8-11,14-15H2,1H3,(H,29,30)/p-1. The molecule has 1 aromatic rings. The smallest absolute Gasteiger partial charge is 0.339 e. The molecule has 0 bridgehead atoms. The van der Waals surface area contributed by atoms with E-state index in [0.29, 0.717) is 38.5 Å². The van der Waals surface area contributed by atoms with Crippen molar-refractivity contribution in [2.75, 3.05) is 0 Å². The van der Waals surface area contributed by atoms with E-state index in [0.717, 1.165) is 25.7 Å². The molecule has 0 spiro atoms. The number of halogens is 2. The largest absolute Gasteiger partial charge is 0.544 e. The number of carbonyl (C=O) groups is 3. The molecule has 0 aliphatic heterocycles. The minimum Gasteiger partial charge on any atom is -0.544 e. The van der Waals surface area contributed by atoms with E-state index in [1.54, 1.807) is 0 Å². The van der Waals surface area contributed by atoms with Gasteiger partial charge in [-0.25, -0.2) is 9.59 Å². The Kier molecular flexibility index (Phi) is 7.51. The van der Waals surface area contributed by atoms with Gasteiger partial charge in [0.2, 0.25) is 0 Å². The second kappa shape index (κ2) is 9.96. The van der Waals surface area contributed by atoms with Gasteiger partial charge in [0.1, 0.15) is 11.6 Å². The summed E-state index contributed by atoms with van der Waals surface area (Å²) in [5.74, 6) is -9.65. The number of hydrogen-bond donors (Lipinski definition) is 0. The summed E-state index contributed by atoms with van der Waals surface area (Å²) in [6.45, 7) is 1.84. The maximum atomic E-state index is 14.5. The lowest BCUT2D eigenvalue weighted by Crippen LogP contribution is -2.54. The highest BCUT2D eigenvalue weighted by Crippen LogP contribution is 2.37. The summed E-state index contributed by atoms with van der Waals surface area (Å²) in [5, 5.41) is 11.1. The Balaban J connectivity index is 1.83. The normalized spacial score (nSPS) is 20.2. The first-order valence-electron chi connectivity index (χ1n) is 11.3. The Bertz CT molecular complexity index is 841. The number of aliphatic carboxylic acids is 1. The van der Waals surface area contributed by atoms with Crippen LogP contribution in [0.5, 0.6) is 0 Å². The Morgan fingerprint density at radius 1 is 0.969 bits per heavy atom. The Morgan fingerprint density at radius 3 is 2.06 bits per heavy atom. The zero-order valence-corrected chi connectivity index (χ0v) is 18.2. The SMILES string of the molecule is CC1(OC(=O)c2ccccc2C(=O)OC(C2CCCCC2)C(F)(F)C(=O)[O-])CCCCC1. The van der Waals surface area contributed by atoms with Gasteiger partial charge in [-0.05, 0) is 57.6 Å². The van der Waals surface area contributed by atoms with Gasteiger partial charge >= 0.3 is 17.9 Å². The number of carbonyl (C=O) groups excluding carboxylic acids is 3. The number of carboxylic acids is 1. The lowest BCUT2D eigenvalue weighted by Gasteiger charge is -2.35. The first-order valence-corrected chi connectivity index (χ1v) is 11.3. The molecule has 2 fully saturated rings. The number of hydrogen-bond acceptors (Lipinski definition) is 6. The van der Waals surface area contributed by atoms with E-state index < -0.39 is 41.5 Å². The average Bonchev–Trinajstić information content (AvgIpc) is 2.77. The maximum absolute atomic E-state index is 14.5. The number of benzene rings is 1. The quantitative estimate of drug-likeness (QED) is 0.581. The van der Waals surface area contributed by atoms with E-state index in [-0.39, 0.29) is 11.1 Å². The third-order valence-corrected chi connectivity index (χ3v) is 6.56. The van der Waals surface area contributed by atoms with Crippen molar-refractivity contribution in [1.29, 1.82) is 0 Å². The second-order valence-corrected chi connectivity index (χ2v) is 9.08. The molecule has 1 unspecified atom stereocenters. The predicted octanol–water partition coefficient (Wildman–Crippen LogP) is 4.06. The minimum atomic E-state index is -4.34. The predicted molar refractivity (Wildman–Crippen MR) is 109 cm³/mol. The fourth-order valence-corrected chi connectivity index (χ4v) is 4.72. The van der Waals surface area contributed by atoms with Crippen LogP contribution in [0.25, 0.3) is 0 Å². The zero-order valence-electron chi connectivity index (χ0n) is 18.2. The molecule has 0 aromatic heterocycles. The maximum Gasteiger partial charge on any atom is 0.339 e. The van der Waals surface area contributed by atoms with Gasteiger partial charge in [0.15, 0.2) is 6.10 Å². The van der Waals surface area contributed by atoms with Crippen molar-refractivity contribution in [3.05, 3.63) is 35.4 Å². The van der Waals surface area contributed by atoms with Crippen molar-refractivity contribution in [2.24, 2.45) is 5.92 Å². The molecule has 176 valence electrons. The molecule has 0 radical (unpaired) electrons. The number of esters is 2. The van der Waals surface area contributed by atoms with Crippen molar-refractivity contribution >= 4 is 17.9 Å². The summed E-state index contributed by atoms with van der Waals surface area (Å²) in [6, 6.07) is 5.67. The molecular weight excluding hydrogens is 422 g/mol. The van der Waals surface area contributed by atoms with Crippen LogP contribution in [0, 0.1) is 5.92 Å². The summed E-state index contributed by atoms with van der Waals surface area (Å²) in [5.41, 5.74) is -0.978. The summed E-state index contributed by atoms with van der Waals surface area (Å²) in [7, 11) is 0. The van der Waals surface area contributed by atoms with Crippen LogP contribution in [0.2, 0.25) is 0 Å². The first-order chi connectivity index (χ1) is 15.1. The molecule has 0 N–H and O–H groups in total. The van der Waals surface area contributed by atoms with Crippen molar-refractivity contribution < 1.29 is 37.7 Å². The van der Waals surface area contributed by atoms with Crippen molar-refractivity contribution in [2.45, 2.75) is 88.8 Å². The summed E-state index contributed by atoms with van der Waals surface area (Å²) in [4.78, 5) is 36.9. The minimum absolute atomic E-state index is 0.0940. The zero-order chi connectivity index (χ0) is 23.4. The molecule has 0 amide bonds. The fourth-order valence-electron chi connectivity index (χ4n) is 4.72. The highest BCUT2D eigenvalue weighted by Gasteiger charge is 2.49. The topological polar surface area (TPSA) is 92.7 Å². The van der Waals surface area contributed by atoms with Crippen LogP contribution in [-0.4, -0.2) is 35.5 Å². The van der Waals surface area contributed by atoms with Crippen LogP contribution >= 0.6 is 0 Å². The number of carboxylic acid groups (broad SMARTS) is 1. The summed E-state index contributed by atoms with van der Waals surface area (Å²) in [6.07, 6.45) is 4.93. The number of alkyl halides is 2. The third kappa shape index (κ3) is 5.45. The number of rotatable bonds is 7. The van der Waals surface area contributed by atoms with Gasteiger partial charge in [-0.1, -0.05) is 37.8 Å². The fraction of sp³-hybridized carbons (Fsp3) is 0.625. The van der Waals surface area contributed by atoms with Crippen LogP contribution in [-0.2, 0) is 14.3 Å². The molecule has 6 nitrogen and oxygen atoms in total. The van der Waals surface area contributed by atoms with E-state index in [9.17, 15) is 28.3 Å². The van der Waals surface area contributed by atoms with Crippen LogP contribution < -0.4 is 5.11 Å². The molecule has 32 heavy (non-hydrogen) atoms. The van der Waals surface area contributed by atoms with E-state index in [2.05, 4.69) is 0 Å². The van der Waals surface area contributed by atoms with Gasteiger partial charge in [0.05, 0.1) is 11.1 Å². The number of ether oxygens (including phenoxy) is 2. The molecule has 0 heterocycles. The Morgan fingerprint density at radius 2 is 1.50 bits per heavy atom. The molecule has 0 saturated heterocycles. The van der Waals surface area contributed by atoms with E-state index in [4.69, 9.17) is 9.47 Å². The van der Waals surface area contributed by atoms with Crippen LogP contribution in [0.1, 0.15) is 91.8 Å². The van der Waals surface area contributed by atoms with Gasteiger partial charge in [0, 0.05) is 5.92 Å². The average molecular weight is 451 g/mol. The van der Waals surface area contributed by atoms with Crippen LogP contribution in [0.15, 0.2) is 24.3 Å². The van der Waals surface area contributed by atoms with Crippen LogP contribution in [0.3, 0.4) is 0 Å². The molecule has 2 saturated carbocycles. The third-order valence-electron chi connectivity index (χ3n) is 6.56. The molecule has 2 aliphatic carbocycles. The molecular formula is C24H29F2O6-. The highest BCUT2D eigenvalue weighted by atomic mass is 19.3. The molecule has 8 heteroatoms. The second-order valence-electron chi connectivity index (χ2n) is 9.08. The Labute approximate surface area is 186 Å². The van der Waals surface area contributed by atoms with E-state index in [1.807, 2.05) is 6.92 Å². The summed E-state index contributed by atoms with van der Waals surface area (Å²) >= 11 is 0. The lowest BCUT2D eigenvalue weighted by molar-refractivity contribution is -0.337. The van der Waals surface area contributed by atoms with E-state index in [1.165, 1.54) is 24.3 Å². The Hall–Kier alpha value is -2.51. The molecule has 3 rings (SSSR count). The lowest BCUT2D eigenvalue weighted by atomic mass is 9.82. The van der Waals surface area contributed by atoms with Gasteiger partial charge in [-0.3, -0.25) is 0 Å². The van der Waals surface area contributed by atoms with Crippen molar-refractivity contribution in [1.82, 2.24) is 0 Å². The molecule has 1 atom stereocenters. The molecule has 1 aromatic carbocycles.